The number of benzene rings is 1. The van der Waals surface area contributed by atoms with Crippen LogP contribution in [0.5, 0.6) is 5.75 Å². The first kappa shape index (κ1) is 13.9. The third-order valence-corrected chi connectivity index (χ3v) is 4.89. The molecule has 2 heteroatoms. The summed E-state index contributed by atoms with van der Waals surface area (Å²) in [6.07, 6.45) is 6.63. The molecule has 1 N–H and O–H groups in total. The molecule has 1 saturated carbocycles. The van der Waals surface area contributed by atoms with Crippen LogP contribution < -0.4 is 10.1 Å². The molecule has 20 heavy (non-hydrogen) atoms. The van der Waals surface area contributed by atoms with Crippen LogP contribution in [-0.4, -0.2) is 11.6 Å². The first-order chi connectivity index (χ1) is 9.55. The molecule has 1 atom stereocenters. The molecule has 1 heterocycles. The molecule has 0 radical (unpaired) electrons. The van der Waals surface area contributed by atoms with E-state index >= 15 is 0 Å². The first-order valence-electron chi connectivity index (χ1n) is 8.08. The van der Waals surface area contributed by atoms with Crippen molar-refractivity contribution in [3.05, 3.63) is 29.3 Å². The summed E-state index contributed by atoms with van der Waals surface area (Å²) in [5, 5.41) is 3.72. The molecule has 3 rings (SSSR count). The van der Waals surface area contributed by atoms with Crippen molar-refractivity contribution in [1.29, 1.82) is 0 Å². The molecule has 1 unspecified atom stereocenters. The Hall–Kier alpha value is -1.02. The van der Waals surface area contributed by atoms with Crippen LogP contribution in [0.1, 0.15) is 57.6 Å². The van der Waals surface area contributed by atoms with E-state index in [9.17, 15) is 0 Å². The topological polar surface area (TPSA) is 21.3 Å². The molecule has 2 aliphatic rings. The van der Waals surface area contributed by atoms with Gasteiger partial charge in [-0.05, 0) is 45.1 Å². The smallest absolute Gasteiger partial charge is 0.127 e. The van der Waals surface area contributed by atoms with Gasteiger partial charge in [0.05, 0.1) is 0 Å². The Balaban J connectivity index is 1.65. The highest BCUT2D eigenvalue weighted by molar-refractivity contribution is 5.45. The molecule has 1 aliphatic carbocycles. The van der Waals surface area contributed by atoms with E-state index in [1.807, 2.05) is 0 Å². The third-order valence-electron chi connectivity index (χ3n) is 4.89. The standard InChI is InChI=1S/C18H27NO/c1-13(14-7-4-5-8-14)19-12-16-10-6-9-15-11-18(2,3)20-17(15)16/h6,9-10,13-14,19H,4-5,7-8,11-12H2,1-3H3. The Kier molecular flexibility index (Phi) is 3.76. The maximum atomic E-state index is 6.14. The van der Waals surface area contributed by atoms with Crippen molar-refractivity contribution in [3.63, 3.8) is 0 Å². The molecule has 2 nitrogen and oxygen atoms in total. The minimum atomic E-state index is -0.0461. The van der Waals surface area contributed by atoms with Crippen molar-refractivity contribution in [2.45, 2.75) is 71.1 Å². The number of hydrogen-bond donors (Lipinski definition) is 1. The maximum Gasteiger partial charge on any atom is 0.127 e. The van der Waals surface area contributed by atoms with Crippen LogP contribution in [-0.2, 0) is 13.0 Å². The van der Waals surface area contributed by atoms with Crippen LogP contribution >= 0.6 is 0 Å². The van der Waals surface area contributed by atoms with Crippen molar-refractivity contribution < 1.29 is 4.74 Å². The van der Waals surface area contributed by atoms with Crippen molar-refractivity contribution in [1.82, 2.24) is 5.32 Å². The van der Waals surface area contributed by atoms with E-state index in [0.717, 1.165) is 24.6 Å². The first-order valence-corrected chi connectivity index (χ1v) is 8.08. The van der Waals surface area contributed by atoms with Crippen molar-refractivity contribution >= 4 is 0 Å². The Morgan fingerprint density at radius 3 is 2.80 bits per heavy atom. The van der Waals surface area contributed by atoms with Crippen LogP contribution in [0, 0.1) is 5.92 Å². The summed E-state index contributed by atoms with van der Waals surface area (Å²) in [7, 11) is 0. The Bertz CT molecular complexity index is 474. The van der Waals surface area contributed by atoms with Gasteiger partial charge >= 0.3 is 0 Å². The van der Waals surface area contributed by atoms with Crippen LogP contribution in [0.3, 0.4) is 0 Å². The van der Waals surface area contributed by atoms with E-state index < -0.39 is 0 Å². The molecule has 1 aromatic rings. The Morgan fingerprint density at radius 2 is 2.05 bits per heavy atom. The van der Waals surface area contributed by atoms with E-state index in [1.54, 1.807) is 0 Å². The minimum Gasteiger partial charge on any atom is -0.487 e. The monoisotopic (exact) mass is 273 g/mol. The normalized spacial score (nSPS) is 22.6. The minimum absolute atomic E-state index is 0.0461. The van der Waals surface area contributed by atoms with Gasteiger partial charge in [0.2, 0.25) is 0 Å². The van der Waals surface area contributed by atoms with Crippen molar-refractivity contribution in [2.24, 2.45) is 5.92 Å². The second kappa shape index (κ2) is 5.40. The molecule has 0 spiro atoms. The van der Waals surface area contributed by atoms with Crippen LogP contribution in [0.25, 0.3) is 0 Å². The van der Waals surface area contributed by atoms with Gasteiger partial charge in [-0.3, -0.25) is 0 Å². The second-order valence-electron chi connectivity index (χ2n) is 7.16. The van der Waals surface area contributed by atoms with Gasteiger partial charge in [-0.2, -0.15) is 0 Å². The van der Waals surface area contributed by atoms with Crippen LogP contribution in [0.15, 0.2) is 18.2 Å². The number of fused-ring (bicyclic) bond motifs is 1. The SMILES string of the molecule is CC(NCc1cccc2c1OC(C)(C)C2)C1CCCC1. The number of para-hydroxylation sites is 1. The summed E-state index contributed by atoms with van der Waals surface area (Å²) in [6, 6.07) is 7.19. The molecule has 0 amide bonds. The lowest BCUT2D eigenvalue weighted by molar-refractivity contribution is 0.137. The summed E-state index contributed by atoms with van der Waals surface area (Å²) >= 11 is 0. The lowest BCUT2D eigenvalue weighted by Gasteiger charge is -2.22. The average molecular weight is 273 g/mol. The summed E-state index contributed by atoms with van der Waals surface area (Å²) in [5.41, 5.74) is 2.64. The van der Waals surface area contributed by atoms with Gasteiger partial charge in [-0.1, -0.05) is 31.0 Å². The fraction of sp³-hybridized carbons (Fsp3) is 0.667. The lowest BCUT2D eigenvalue weighted by atomic mass is 9.98. The highest BCUT2D eigenvalue weighted by Crippen LogP contribution is 2.37. The molecular formula is C18H27NO. The summed E-state index contributed by atoms with van der Waals surface area (Å²) in [4.78, 5) is 0. The zero-order chi connectivity index (χ0) is 14.2. The lowest BCUT2D eigenvalue weighted by Crippen LogP contribution is -2.32. The number of nitrogens with one attached hydrogen (secondary N) is 1. The molecule has 0 aromatic heterocycles. The fourth-order valence-corrected chi connectivity index (χ4v) is 3.71. The number of rotatable bonds is 4. The van der Waals surface area contributed by atoms with E-state index in [2.05, 4.69) is 44.3 Å². The predicted molar refractivity (Wildman–Crippen MR) is 83.1 cm³/mol. The average Bonchev–Trinajstić information content (AvgIpc) is 3.01. The quantitative estimate of drug-likeness (QED) is 0.893. The van der Waals surface area contributed by atoms with E-state index in [0.29, 0.717) is 6.04 Å². The number of ether oxygens (including phenoxy) is 1. The highest BCUT2D eigenvalue weighted by atomic mass is 16.5. The van der Waals surface area contributed by atoms with E-state index in [-0.39, 0.29) is 5.60 Å². The zero-order valence-electron chi connectivity index (χ0n) is 13.0. The predicted octanol–water partition coefficient (Wildman–Crippen LogP) is 4.07. The summed E-state index contributed by atoms with van der Waals surface area (Å²) in [5.74, 6) is 1.99. The van der Waals surface area contributed by atoms with Crippen molar-refractivity contribution in [3.8, 4) is 5.75 Å². The van der Waals surface area contributed by atoms with Gasteiger partial charge in [0.1, 0.15) is 11.4 Å². The molecule has 0 bridgehead atoms. The largest absolute Gasteiger partial charge is 0.487 e. The highest BCUT2D eigenvalue weighted by Gasteiger charge is 2.31. The molecule has 1 aliphatic heterocycles. The van der Waals surface area contributed by atoms with Gasteiger partial charge in [-0.25, -0.2) is 0 Å². The summed E-state index contributed by atoms with van der Waals surface area (Å²) < 4.78 is 6.14. The van der Waals surface area contributed by atoms with E-state index in [4.69, 9.17) is 4.74 Å². The maximum absolute atomic E-state index is 6.14. The second-order valence-corrected chi connectivity index (χ2v) is 7.16. The molecule has 1 aromatic carbocycles. The summed E-state index contributed by atoms with van der Waals surface area (Å²) in [6.45, 7) is 7.61. The van der Waals surface area contributed by atoms with Gasteiger partial charge < -0.3 is 10.1 Å². The zero-order valence-corrected chi connectivity index (χ0v) is 13.0. The molecular weight excluding hydrogens is 246 g/mol. The van der Waals surface area contributed by atoms with E-state index in [1.165, 1.54) is 36.8 Å². The molecule has 0 saturated heterocycles. The Labute approximate surface area is 122 Å². The van der Waals surface area contributed by atoms with Crippen LogP contribution in [0.4, 0.5) is 0 Å². The fourth-order valence-electron chi connectivity index (χ4n) is 3.71. The number of hydrogen-bond acceptors (Lipinski definition) is 2. The molecule has 110 valence electrons. The van der Waals surface area contributed by atoms with Gasteiger partial charge in [0, 0.05) is 24.6 Å². The van der Waals surface area contributed by atoms with Gasteiger partial charge in [-0.15, -0.1) is 0 Å². The molecule has 1 fully saturated rings. The third kappa shape index (κ3) is 2.85. The van der Waals surface area contributed by atoms with Crippen LogP contribution in [0.2, 0.25) is 0 Å². The van der Waals surface area contributed by atoms with Crippen molar-refractivity contribution in [2.75, 3.05) is 0 Å². The van der Waals surface area contributed by atoms with Gasteiger partial charge in [0.25, 0.3) is 0 Å². The Morgan fingerprint density at radius 1 is 1.30 bits per heavy atom. The van der Waals surface area contributed by atoms with Gasteiger partial charge in [0.15, 0.2) is 0 Å².